The normalized spacial score (nSPS) is 10.9. The van der Waals surface area contributed by atoms with E-state index in [-0.39, 0.29) is 6.42 Å². The van der Waals surface area contributed by atoms with Crippen LogP contribution in [0.25, 0.3) is 5.69 Å². The maximum absolute atomic E-state index is 10.5. The molecule has 0 aliphatic rings. The second-order valence-electron chi connectivity index (χ2n) is 4.86. The average molecular weight is 273 g/mol. The van der Waals surface area contributed by atoms with E-state index >= 15 is 0 Å². The first-order chi connectivity index (χ1) is 9.65. The third-order valence-corrected chi connectivity index (χ3v) is 3.04. The SMILES string of the molecule is CN(CCCC(=O)O)Cc1cnn(-c2ccccc2)c1. The Morgan fingerprint density at radius 3 is 2.80 bits per heavy atom. The third kappa shape index (κ3) is 4.20. The number of para-hydroxylation sites is 1. The van der Waals surface area contributed by atoms with Crippen LogP contribution >= 0.6 is 0 Å². The number of aromatic nitrogens is 2. The average Bonchev–Trinajstić information content (AvgIpc) is 2.88. The largest absolute Gasteiger partial charge is 0.481 e. The first kappa shape index (κ1) is 14.3. The lowest BCUT2D eigenvalue weighted by atomic mass is 10.2. The van der Waals surface area contributed by atoms with Gasteiger partial charge in [0.25, 0.3) is 0 Å². The summed E-state index contributed by atoms with van der Waals surface area (Å²) in [5.74, 6) is -0.740. The van der Waals surface area contributed by atoms with Gasteiger partial charge in [-0.3, -0.25) is 4.79 Å². The van der Waals surface area contributed by atoms with Crippen LogP contribution in [-0.4, -0.2) is 39.3 Å². The quantitative estimate of drug-likeness (QED) is 0.840. The highest BCUT2D eigenvalue weighted by molar-refractivity contribution is 5.66. The topological polar surface area (TPSA) is 58.4 Å². The van der Waals surface area contributed by atoms with Crippen LogP contribution in [0.4, 0.5) is 0 Å². The minimum Gasteiger partial charge on any atom is -0.481 e. The van der Waals surface area contributed by atoms with E-state index in [0.717, 1.165) is 24.3 Å². The number of carboxylic acid groups (broad SMARTS) is 1. The number of rotatable bonds is 7. The van der Waals surface area contributed by atoms with E-state index in [1.54, 1.807) is 0 Å². The molecular weight excluding hydrogens is 254 g/mol. The van der Waals surface area contributed by atoms with Crippen molar-refractivity contribution in [2.24, 2.45) is 0 Å². The van der Waals surface area contributed by atoms with Gasteiger partial charge in [-0.2, -0.15) is 5.10 Å². The van der Waals surface area contributed by atoms with Crippen molar-refractivity contribution in [2.45, 2.75) is 19.4 Å². The monoisotopic (exact) mass is 273 g/mol. The highest BCUT2D eigenvalue weighted by atomic mass is 16.4. The lowest BCUT2D eigenvalue weighted by Gasteiger charge is -2.14. The molecule has 2 aromatic rings. The number of hydrogen-bond donors (Lipinski definition) is 1. The second-order valence-corrected chi connectivity index (χ2v) is 4.86. The highest BCUT2D eigenvalue weighted by Gasteiger charge is 2.05. The number of aliphatic carboxylic acids is 1. The van der Waals surface area contributed by atoms with Gasteiger partial charge in [0, 0.05) is 24.7 Å². The zero-order valence-corrected chi connectivity index (χ0v) is 11.6. The van der Waals surface area contributed by atoms with E-state index in [4.69, 9.17) is 5.11 Å². The molecule has 106 valence electrons. The van der Waals surface area contributed by atoms with Crippen LogP contribution in [0.1, 0.15) is 18.4 Å². The van der Waals surface area contributed by atoms with Crippen LogP contribution in [0, 0.1) is 0 Å². The Morgan fingerprint density at radius 1 is 1.35 bits per heavy atom. The number of nitrogens with zero attached hydrogens (tertiary/aromatic N) is 3. The Kier molecular flexibility index (Phi) is 4.90. The smallest absolute Gasteiger partial charge is 0.303 e. The van der Waals surface area contributed by atoms with Gasteiger partial charge in [0.15, 0.2) is 0 Å². The third-order valence-electron chi connectivity index (χ3n) is 3.04. The van der Waals surface area contributed by atoms with Crippen molar-refractivity contribution in [3.63, 3.8) is 0 Å². The fourth-order valence-electron chi connectivity index (χ4n) is 2.05. The molecule has 2 rings (SSSR count). The summed E-state index contributed by atoms with van der Waals surface area (Å²) in [6.07, 6.45) is 4.73. The van der Waals surface area contributed by atoms with Crippen molar-refractivity contribution in [1.29, 1.82) is 0 Å². The molecule has 20 heavy (non-hydrogen) atoms. The Balaban J connectivity index is 1.88. The minimum atomic E-state index is -0.740. The molecule has 0 saturated heterocycles. The maximum atomic E-state index is 10.5. The predicted molar refractivity (Wildman–Crippen MR) is 76.8 cm³/mol. The van der Waals surface area contributed by atoms with E-state index in [1.807, 2.05) is 54.5 Å². The van der Waals surface area contributed by atoms with Crippen molar-refractivity contribution in [3.8, 4) is 5.69 Å². The molecule has 0 aliphatic carbocycles. The molecule has 5 heteroatoms. The fraction of sp³-hybridized carbons (Fsp3) is 0.333. The molecule has 1 aromatic carbocycles. The summed E-state index contributed by atoms with van der Waals surface area (Å²) >= 11 is 0. The van der Waals surface area contributed by atoms with Crippen LogP contribution in [0.5, 0.6) is 0 Å². The number of benzene rings is 1. The molecule has 0 atom stereocenters. The molecular formula is C15H19N3O2. The summed E-state index contributed by atoms with van der Waals surface area (Å²) in [4.78, 5) is 12.6. The first-order valence-electron chi connectivity index (χ1n) is 6.64. The van der Waals surface area contributed by atoms with Crippen LogP contribution in [-0.2, 0) is 11.3 Å². The predicted octanol–water partition coefficient (Wildman–Crippen LogP) is 2.17. The molecule has 0 saturated carbocycles. The Bertz CT molecular complexity index is 551. The molecule has 0 unspecified atom stereocenters. The Morgan fingerprint density at radius 2 is 2.10 bits per heavy atom. The molecule has 0 bridgehead atoms. The molecule has 0 radical (unpaired) electrons. The van der Waals surface area contributed by atoms with Gasteiger partial charge in [-0.1, -0.05) is 18.2 Å². The van der Waals surface area contributed by atoms with E-state index in [0.29, 0.717) is 6.42 Å². The summed E-state index contributed by atoms with van der Waals surface area (Å²) in [5.41, 5.74) is 2.15. The van der Waals surface area contributed by atoms with Crippen LogP contribution in [0.2, 0.25) is 0 Å². The number of carboxylic acids is 1. The molecule has 1 aromatic heterocycles. The number of hydrogen-bond acceptors (Lipinski definition) is 3. The highest BCUT2D eigenvalue weighted by Crippen LogP contribution is 2.09. The summed E-state index contributed by atoms with van der Waals surface area (Å²) in [6.45, 7) is 1.54. The molecule has 1 heterocycles. The van der Waals surface area contributed by atoms with Crippen molar-refractivity contribution >= 4 is 5.97 Å². The van der Waals surface area contributed by atoms with Gasteiger partial charge < -0.3 is 10.0 Å². The number of carbonyl (C=O) groups is 1. The van der Waals surface area contributed by atoms with E-state index in [1.165, 1.54) is 0 Å². The molecule has 5 nitrogen and oxygen atoms in total. The Labute approximate surface area is 118 Å². The lowest BCUT2D eigenvalue weighted by molar-refractivity contribution is -0.137. The van der Waals surface area contributed by atoms with E-state index < -0.39 is 5.97 Å². The van der Waals surface area contributed by atoms with E-state index in [2.05, 4.69) is 10.00 Å². The van der Waals surface area contributed by atoms with Crippen molar-refractivity contribution < 1.29 is 9.90 Å². The van der Waals surface area contributed by atoms with Gasteiger partial charge in [-0.25, -0.2) is 4.68 Å². The summed E-state index contributed by atoms with van der Waals surface area (Å²) < 4.78 is 1.85. The first-order valence-corrected chi connectivity index (χ1v) is 6.64. The lowest BCUT2D eigenvalue weighted by Crippen LogP contribution is -2.19. The molecule has 0 amide bonds. The van der Waals surface area contributed by atoms with Gasteiger partial charge in [0.05, 0.1) is 11.9 Å². The standard InChI is InChI=1S/C15H19N3O2/c1-17(9-5-8-15(19)20)11-13-10-16-18(12-13)14-6-3-2-4-7-14/h2-4,6-7,10,12H,5,8-9,11H2,1H3,(H,19,20). The molecule has 0 spiro atoms. The maximum Gasteiger partial charge on any atom is 0.303 e. The van der Waals surface area contributed by atoms with Crippen LogP contribution in [0.3, 0.4) is 0 Å². The van der Waals surface area contributed by atoms with Crippen LogP contribution in [0.15, 0.2) is 42.7 Å². The molecule has 0 fully saturated rings. The zero-order valence-electron chi connectivity index (χ0n) is 11.6. The van der Waals surface area contributed by atoms with Gasteiger partial charge in [-0.15, -0.1) is 0 Å². The van der Waals surface area contributed by atoms with Crippen LogP contribution < -0.4 is 0 Å². The van der Waals surface area contributed by atoms with Crippen molar-refractivity contribution in [1.82, 2.24) is 14.7 Å². The molecule has 0 aliphatic heterocycles. The van der Waals surface area contributed by atoms with Gasteiger partial charge in [0.2, 0.25) is 0 Å². The van der Waals surface area contributed by atoms with Gasteiger partial charge in [-0.05, 0) is 32.1 Å². The molecule has 1 N–H and O–H groups in total. The van der Waals surface area contributed by atoms with Crippen molar-refractivity contribution in [3.05, 3.63) is 48.3 Å². The summed E-state index contributed by atoms with van der Waals surface area (Å²) in [6, 6.07) is 9.95. The Hall–Kier alpha value is -2.14. The van der Waals surface area contributed by atoms with Gasteiger partial charge >= 0.3 is 5.97 Å². The van der Waals surface area contributed by atoms with Gasteiger partial charge in [0.1, 0.15) is 0 Å². The minimum absolute atomic E-state index is 0.216. The summed E-state index contributed by atoms with van der Waals surface area (Å²) in [7, 11) is 1.99. The fourth-order valence-corrected chi connectivity index (χ4v) is 2.05. The summed E-state index contributed by atoms with van der Waals surface area (Å²) in [5, 5.41) is 13.0. The van der Waals surface area contributed by atoms with Crippen molar-refractivity contribution in [2.75, 3.05) is 13.6 Å². The zero-order chi connectivity index (χ0) is 14.4. The van der Waals surface area contributed by atoms with E-state index in [9.17, 15) is 4.79 Å². The second kappa shape index (κ2) is 6.86.